The second kappa shape index (κ2) is 6.53. The highest BCUT2D eigenvalue weighted by Crippen LogP contribution is 2.23. The molecule has 1 aliphatic carbocycles. The predicted octanol–water partition coefficient (Wildman–Crippen LogP) is 2.94. The first-order chi connectivity index (χ1) is 9.47. The third kappa shape index (κ3) is 4.17. The zero-order valence-corrected chi connectivity index (χ0v) is 13.5. The summed E-state index contributed by atoms with van der Waals surface area (Å²) in [7, 11) is 2.13. The van der Waals surface area contributed by atoms with Crippen LogP contribution in [0.4, 0.5) is 5.69 Å². The minimum Gasteiger partial charge on any atom is -0.372 e. The molecule has 4 nitrogen and oxygen atoms in total. The van der Waals surface area contributed by atoms with Crippen LogP contribution in [0.1, 0.15) is 58.0 Å². The van der Waals surface area contributed by atoms with Crippen molar-refractivity contribution in [3.05, 3.63) is 17.7 Å². The van der Waals surface area contributed by atoms with Gasteiger partial charge < -0.3 is 10.2 Å². The van der Waals surface area contributed by atoms with Gasteiger partial charge in [-0.1, -0.05) is 27.7 Å². The fraction of sp³-hybridized carbons (Fsp3) is 0.750. The van der Waals surface area contributed by atoms with E-state index in [2.05, 4.69) is 49.9 Å². The molecule has 0 spiro atoms. The van der Waals surface area contributed by atoms with Crippen molar-refractivity contribution >= 4 is 5.69 Å². The molecule has 0 unspecified atom stereocenters. The Bertz CT molecular complexity index is 438. The molecule has 0 aliphatic heterocycles. The molecular formula is C16H28N4. The molecule has 1 aromatic heterocycles. The molecule has 0 radical (unpaired) electrons. The summed E-state index contributed by atoms with van der Waals surface area (Å²) in [6.45, 7) is 10.6. The number of nitrogens with zero attached hydrogens (tertiary/aromatic N) is 3. The first-order valence-corrected chi connectivity index (χ1v) is 7.77. The topological polar surface area (TPSA) is 41.1 Å². The Kier molecular flexibility index (Phi) is 4.97. The summed E-state index contributed by atoms with van der Waals surface area (Å²) in [5, 5.41) is 3.57. The van der Waals surface area contributed by atoms with Crippen LogP contribution in [0.3, 0.4) is 0 Å². The van der Waals surface area contributed by atoms with Crippen molar-refractivity contribution in [2.75, 3.05) is 18.5 Å². The van der Waals surface area contributed by atoms with Crippen molar-refractivity contribution in [1.29, 1.82) is 0 Å². The molecular weight excluding hydrogens is 248 g/mol. The van der Waals surface area contributed by atoms with Gasteiger partial charge in [0.15, 0.2) is 0 Å². The van der Waals surface area contributed by atoms with Crippen LogP contribution in [0.5, 0.6) is 0 Å². The number of hydrogen-bond donors (Lipinski definition) is 1. The number of rotatable bonds is 7. The molecule has 1 N–H and O–H groups in total. The summed E-state index contributed by atoms with van der Waals surface area (Å²) in [6.07, 6.45) is 4.60. The molecule has 0 amide bonds. The van der Waals surface area contributed by atoms with E-state index in [1.165, 1.54) is 12.8 Å². The minimum atomic E-state index is 0.374. The molecule has 0 saturated heterocycles. The lowest BCUT2D eigenvalue weighted by Gasteiger charge is -2.24. The van der Waals surface area contributed by atoms with E-state index in [0.717, 1.165) is 30.3 Å². The van der Waals surface area contributed by atoms with Gasteiger partial charge in [0.25, 0.3) is 0 Å². The van der Waals surface area contributed by atoms with Gasteiger partial charge in [-0.05, 0) is 18.8 Å². The second-order valence-electron chi connectivity index (χ2n) is 6.64. The minimum absolute atomic E-state index is 0.374. The molecule has 0 atom stereocenters. The molecule has 0 aromatic carbocycles. The highest BCUT2D eigenvalue weighted by Gasteiger charge is 2.22. The zero-order valence-electron chi connectivity index (χ0n) is 13.5. The molecule has 1 fully saturated rings. The number of aromatic nitrogens is 2. The molecule has 2 rings (SSSR count). The van der Waals surface area contributed by atoms with Crippen LogP contribution in [0.25, 0.3) is 0 Å². The summed E-state index contributed by atoms with van der Waals surface area (Å²) in [5.41, 5.74) is 2.30. The third-order valence-electron chi connectivity index (χ3n) is 3.57. The van der Waals surface area contributed by atoms with Crippen molar-refractivity contribution in [3.63, 3.8) is 0 Å². The van der Waals surface area contributed by atoms with Crippen molar-refractivity contribution < 1.29 is 0 Å². The van der Waals surface area contributed by atoms with E-state index < -0.39 is 0 Å². The van der Waals surface area contributed by atoms with Crippen LogP contribution in [-0.4, -0.2) is 29.6 Å². The fourth-order valence-electron chi connectivity index (χ4n) is 2.33. The Morgan fingerprint density at radius 2 is 2.00 bits per heavy atom. The molecule has 112 valence electrons. The second-order valence-corrected chi connectivity index (χ2v) is 6.64. The standard InChI is InChI=1S/C16H28N4/c1-11(2)10-20(5)15-9-18-16(12(3)4)19-14(15)8-17-13-6-7-13/h9,11-13,17H,6-8,10H2,1-5H3. The van der Waals surface area contributed by atoms with Gasteiger partial charge in [0.2, 0.25) is 0 Å². The predicted molar refractivity (Wildman–Crippen MR) is 84.1 cm³/mol. The molecule has 1 heterocycles. The summed E-state index contributed by atoms with van der Waals surface area (Å²) in [5.74, 6) is 1.95. The summed E-state index contributed by atoms with van der Waals surface area (Å²) in [6, 6.07) is 0.704. The van der Waals surface area contributed by atoms with Gasteiger partial charge in [-0.15, -0.1) is 0 Å². The fourth-order valence-corrected chi connectivity index (χ4v) is 2.33. The van der Waals surface area contributed by atoms with Gasteiger partial charge in [-0.25, -0.2) is 9.97 Å². The molecule has 1 aliphatic rings. The Morgan fingerprint density at radius 1 is 1.30 bits per heavy atom. The number of hydrogen-bond acceptors (Lipinski definition) is 4. The maximum Gasteiger partial charge on any atom is 0.131 e. The van der Waals surface area contributed by atoms with Crippen molar-refractivity contribution in [1.82, 2.24) is 15.3 Å². The molecule has 1 saturated carbocycles. The van der Waals surface area contributed by atoms with Crippen molar-refractivity contribution in [2.24, 2.45) is 5.92 Å². The summed E-state index contributed by atoms with van der Waals surface area (Å²) >= 11 is 0. The van der Waals surface area contributed by atoms with E-state index in [1.54, 1.807) is 0 Å². The average Bonchev–Trinajstić information content (AvgIpc) is 3.19. The van der Waals surface area contributed by atoms with Gasteiger partial charge in [0, 0.05) is 32.1 Å². The van der Waals surface area contributed by atoms with E-state index in [0.29, 0.717) is 17.9 Å². The van der Waals surface area contributed by atoms with Crippen molar-refractivity contribution in [3.8, 4) is 0 Å². The number of nitrogens with one attached hydrogen (secondary N) is 1. The van der Waals surface area contributed by atoms with E-state index >= 15 is 0 Å². The molecule has 0 bridgehead atoms. The number of anilines is 1. The Hall–Kier alpha value is -1.16. The molecule has 4 heteroatoms. The zero-order chi connectivity index (χ0) is 14.7. The van der Waals surface area contributed by atoms with Crippen LogP contribution in [-0.2, 0) is 6.54 Å². The summed E-state index contributed by atoms with van der Waals surface area (Å²) in [4.78, 5) is 11.6. The molecule has 20 heavy (non-hydrogen) atoms. The highest BCUT2D eigenvalue weighted by molar-refractivity contribution is 5.48. The van der Waals surface area contributed by atoms with Crippen LogP contribution in [0.2, 0.25) is 0 Å². The normalized spacial score (nSPS) is 15.2. The van der Waals surface area contributed by atoms with Gasteiger partial charge >= 0.3 is 0 Å². The smallest absolute Gasteiger partial charge is 0.131 e. The maximum atomic E-state index is 4.79. The molecule has 1 aromatic rings. The maximum absolute atomic E-state index is 4.79. The van der Waals surface area contributed by atoms with Gasteiger partial charge in [0.1, 0.15) is 5.82 Å². The van der Waals surface area contributed by atoms with Crippen molar-refractivity contribution in [2.45, 2.75) is 59.0 Å². The van der Waals surface area contributed by atoms with Crippen LogP contribution < -0.4 is 10.2 Å². The Morgan fingerprint density at radius 3 is 2.55 bits per heavy atom. The third-order valence-corrected chi connectivity index (χ3v) is 3.57. The quantitative estimate of drug-likeness (QED) is 0.831. The highest BCUT2D eigenvalue weighted by atomic mass is 15.1. The monoisotopic (exact) mass is 276 g/mol. The summed E-state index contributed by atoms with van der Waals surface area (Å²) < 4.78 is 0. The lowest BCUT2D eigenvalue weighted by atomic mass is 10.1. The van der Waals surface area contributed by atoms with Gasteiger partial charge in [-0.3, -0.25) is 0 Å². The van der Waals surface area contributed by atoms with E-state index in [4.69, 9.17) is 4.98 Å². The van der Waals surface area contributed by atoms with Gasteiger partial charge in [-0.2, -0.15) is 0 Å². The van der Waals surface area contributed by atoms with E-state index in [-0.39, 0.29) is 0 Å². The SMILES string of the molecule is CC(C)CN(C)c1cnc(C(C)C)nc1CNC1CC1. The largest absolute Gasteiger partial charge is 0.372 e. The Balaban J connectivity index is 2.18. The first kappa shape index (κ1) is 15.2. The van der Waals surface area contributed by atoms with E-state index in [9.17, 15) is 0 Å². The average molecular weight is 276 g/mol. The van der Waals surface area contributed by atoms with E-state index in [1.807, 2.05) is 6.20 Å². The van der Waals surface area contributed by atoms with Crippen LogP contribution in [0, 0.1) is 5.92 Å². The van der Waals surface area contributed by atoms with Crippen LogP contribution in [0.15, 0.2) is 6.20 Å². The van der Waals surface area contributed by atoms with Crippen LogP contribution >= 0.6 is 0 Å². The Labute approximate surface area is 123 Å². The first-order valence-electron chi connectivity index (χ1n) is 7.77. The lowest BCUT2D eigenvalue weighted by molar-refractivity contribution is 0.623. The van der Waals surface area contributed by atoms with Gasteiger partial charge in [0.05, 0.1) is 17.6 Å². The lowest BCUT2D eigenvalue weighted by Crippen LogP contribution is -2.26.